The van der Waals surface area contributed by atoms with Gasteiger partial charge in [0, 0.05) is 38.0 Å². The molecule has 0 aromatic carbocycles. The minimum atomic E-state index is -0.0514. The van der Waals surface area contributed by atoms with Crippen LogP contribution in [0.1, 0.15) is 48.7 Å². The van der Waals surface area contributed by atoms with Gasteiger partial charge >= 0.3 is 0 Å². The topological polar surface area (TPSA) is 80.1 Å². The number of rotatable bonds is 2. The maximum atomic E-state index is 13.0. The van der Waals surface area contributed by atoms with Crippen LogP contribution in [-0.4, -0.2) is 51.1 Å². The van der Waals surface area contributed by atoms with E-state index < -0.39 is 0 Å². The first-order valence-corrected chi connectivity index (χ1v) is 8.99. The fraction of sp³-hybridized carbons (Fsp3) is 0.556. The number of nitrogens with one attached hydrogen (secondary N) is 1. The van der Waals surface area contributed by atoms with Crippen molar-refractivity contribution in [3.63, 3.8) is 0 Å². The Morgan fingerprint density at radius 3 is 2.92 bits per heavy atom. The summed E-state index contributed by atoms with van der Waals surface area (Å²) in [5.74, 6) is -0.0428. The molecule has 0 atom stereocenters. The fourth-order valence-corrected chi connectivity index (χ4v) is 3.19. The van der Waals surface area contributed by atoms with E-state index in [1.54, 1.807) is 11.1 Å². The molecular formula is C18H25N5O2. The highest BCUT2D eigenvalue weighted by molar-refractivity contribution is 5.98. The van der Waals surface area contributed by atoms with Crippen molar-refractivity contribution in [1.29, 1.82) is 0 Å². The highest BCUT2D eigenvalue weighted by Crippen LogP contribution is 2.19. The highest BCUT2D eigenvalue weighted by Gasteiger charge is 2.21. The van der Waals surface area contributed by atoms with Gasteiger partial charge in [-0.15, -0.1) is 0 Å². The molecule has 2 aromatic heterocycles. The van der Waals surface area contributed by atoms with Gasteiger partial charge in [0.05, 0.1) is 17.5 Å². The predicted molar refractivity (Wildman–Crippen MR) is 95.3 cm³/mol. The smallest absolute Gasteiger partial charge is 0.255 e. The molecule has 1 saturated heterocycles. The van der Waals surface area contributed by atoms with Gasteiger partial charge in [0.15, 0.2) is 5.65 Å². The average Bonchev–Trinajstić information content (AvgIpc) is 3.01. The van der Waals surface area contributed by atoms with Crippen LogP contribution in [0, 0.1) is 6.92 Å². The van der Waals surface area contributed by atoms with E-state index in [9.17, 15) is 9.59 Å². The summed E-state index contributed by atoms with van der Waals surface area (Å²) in [5.41, 5.74) is 2.10. The number of amides is 2. The Kier molecular flexibility index (Phi) is 5.31. The van der Waals surface area contributed by atoms with Crippen molar-refractivity contribution < 1.29 is 9.59 Å². The van der Waals surface area contributed by atoms with E-state index in [0.29, 0.717) is 30.8 Å². The summed E-state index contributed by atoms with van der Waals surface area (Å²) < 4.78 is 1.82. The molecule has 7 nitrogen and oxygen atoms in total. The average molecular weight is 343 g/mol. The first-order chi connectivity index (χ1) is 12.1. The summed E-state index contributed by atoms with van der Waals surface area (Å²) in [6.07, 6.45) is 5.00. The highest BCUT2D eigenvalue weighted by atomic mass is 16.2. The third-order valence-electron chi connectivity index (χ3n) is 4.66. The number of aromatic nitrogens is 3. The monoisotopic (exact) mass is 343 g/mol. The normalized spacial score (nSPS) is 16.7. The van der Waals surface area contributed by atoms with E-state index in [2.05, 4.69) is 15.4 Å². The molecule has 7 heteroatoms. The zero-order valence-corrected chi connectivity index (χ0v) is 14.9. The van der Waals surface area contributed by atoms with E-state index in [1.165, 1.54) is 0 Å². The molecule has 0 radical (unpaired) electrons. The number of hydrogen-bond donors (Lipinski definition) is 1. The quantitative estimate of drug-likeness (QED) is 0.903. The lowest BCUT2D eigenvalue weighted by atomic mass is 10.1. The summed E-state index contributed by atoms with van der Waals surface area (Å²) in [7, 11) is 0. The maximum absolute atomic E-state index is 13.0. The number of carbonyl (C=O) groups excluding carboxylic acids is 2. The van der Waals surface area contributed by atoms with Crippen molar-refractivity contribution in [3.05, 3.63) is 23.5 Å². The molecule has 25 heavy (non-hydrogen) atoms. The van der Waals surface area contributed by atoms with Crippen molar-refractivity contribution in [3.8, 4) is 0 Å². The zero-order valence-electron chi connectivity index (χ0n) is 14.9. The summed E-state index contributed by atoms with van der Waals surface area (Å²) in [4.78, 5) is 31.2. The van der Waals surface area contributed by atoms with Crippen LogP contribution in [0.25, 0.3) is 11.0 Å². The molecule has 0 spiro atoms. The van der Waals surface area contributed by atoms with Gasteiger partial charge in [-0.2, -0.15) is 5.10 Å². The molecule has 134 valence electrons. The zero-order chi connectivity index (χ0) is 17.8. The van der Waals surface area contributed by atoms with Gasteiger partial charge in [-0.25, -0.2) is 9.67 Å². The van der Waals surface area contributed by atoms with Crippen LogP contribution in [0.5, 0.6) is 0 Å². The van der Waals surface area contributed by atoms with Crippen LogP contribution in [0.3, 0.4) is 0 Å². The van der Waals surface area contributed by atoms with Gasteiger partial charge in [0.2, 0.25) is 5.91 Å². The van der Waals surface area contributed by atoms with Crippen LogP contribution in [-0.2, 0) is 11.3 Å². The first kappa shape index (κ1) is 17.4. The Morgan fingerprint density at radius 1 is 1.28 bits per heavy atom. The lowest BCUT2D eigenvalue weighted by Gasteiger charge is -2.24. The molecule has 0 aliphatic carbocycles. The van der Waals surface area contributed by atoms with Crippen LogP contribution < -0.4 is 5.32 Å². The third-order valence-corrected chi connectivity index (χ3v) is 4.66. The lowest BCUT2D eigenvalue weighted by Crippen LogP contribution is -2.37. The summed E-state index contributed by atoms with van der Waals surface area (Å²) in [5, 5.41) is 8.07. The van der Waals surface area contributed by atoms with Crippen molar-refractivity contribution in [2.45, 2.75) is 46.1 Å². The second-order valence-electron chi connectivity index (χ2n) is 6.45. The van der Waals surface area contributed by atoms with Crippen LogP contribution in [0.15, 0.2) is 12.3 Å². The molecule has 2 amide bonds. The minimum Gasteiger partial charge on any atom is -0.356 e. The lowest BCUT2D eigenvalue weighted by molar-refractivity contribution is -0.121. The Hall–Kier alpha value is -2.44. The largest absolute Gasteiger partial charge is 0.356 e. The summed E-state index contributed by atoms with van der Waals surface area (Å²) >= 11 is 0. The molecule has 3 rings (SSSR count). The summed E-state index contributed by atoms with van der Waals surface area (Å²) in [6, 6.07) is 1.87. The van der Waals surface area contributed by atoms with Crippen LogP contribution in [0.2, 0.25) is 0 Å². The van der Waals surface area contributed by atoms with E-state index in [4.69, 9.17) is 0 Å². The summed E-state index contributed by atoms with van der Waals surface area (Å²) in [6.45, 7) is 6.46. The number of hydrogen-bond acceptors (Lipinski definition) is 4. The van der Waals surface area contributed by atoms with Gasteiger partial charge in [-0.05, 0) is 39.2 Å². The second-order valence-corrected chi connectivity index (χ2v) is 6.45. The van der Waals surface area contributed by atoms with Crippen molar-refractivity contribution in [2.75, 3.05) is 19.6 Å². The number of pyridine rings is 1. The van der Waals surface area contributed by atoms with Gasteiger partial charge in [0.25, 0.3) is 5.91 Å². The first-order valence-electron chi connectivity index (χ1n) is 8.99. The molecule has 3 heterocycles. The SMILES string of the molecule is CCn1ncc2cc(C(=O)N3CCCCCNC(=O)CC3)c(C)nc21. The molecule has 0 bridgehead atoms. The molecule has 2 aromatic rings. The Balaban J connectivity index is 1.85. The third kappa shape index (κ3) is 3.81. The van der Waals surface area contributed by atoms with Gasteiger partial charge in [-0.3, -0.25) is 9.59 Å². The molecule has 1 aliphatic heterocycles. The minimum absolute atomic E-state index is 0.00854. The Bertz CT molecular complexity index is 783. The molecule has 1 aliphatic rings. The number of aryl methyl sites for hydroxylation is 2. The van der Waals surface area contributed by atoms with E-state index in [-0.39, 0.29) is 11.8 Å². The Morgan fingerprint density at radius 2 is 2.12 bits per heavy atom. The van der Waals surface area contributed by atoms with Crippen LogP contribution in [0.4, 0.5) is 0 Å². The van der Waals surface area contributed by atoms with E-state index in [0.717, 1.165) is 43.4 Å². The van der Waals surface area contributed by atoms with Gasteiger partial charge in [-0.1, -0.05) is 0 Å². The van der Waals surface area contributed by atoms with Crippen LogP contribution >= 0.6 is 0 Å². The number of carbonyl (C=O) groups is 2. The molecule has 1 fully saturated rings. The van der Waals surface area contributed by atoms with Crippen molar-refractivity contribution in [2.24, 2.45) is 0 Å². The maximum Gasteiger partial charge on any atom is 0.255 e. The molecule has 0 unspecified atom stereocenters. The van der Waals surface area contributed by atoms with E-state index >= 15 is 0 Å². The molecule has 0 saturated carbocycles. The molecular weight excluding hydrogens is 318 g/mol. The standard InChI is InChI=1S/C18H25N5O2/c1-3-23-17-14(12-20-23)11-15(13(2)21-17)18(25)22-9-6-4-5-8-19-16(24)7-10-22/h11-12H,3-10H2,1-2H3,(H,19,24). The number of fused-ring (bicyclic) bond motifs is 1. The van der Waals surface area contributed by atoms with Gasteiger partial charge < -0.3 is 10.2 Å². The predicted octanol–water partition coefficient (Wildman–Crippen LogP) is 1.89. The Labute approximate surface area is 147 Å². The second kappa shape index (κ2) is 7.63. The molecule has 1 N–H and O–H groups in total. The van der Waals surface area contributed by atoms with E-state index in [1.807, 2.05) is 24.6 Å². The fourth-order valence-electron chi connectivity index (χ4n) is 3.19. The number of nitrogens with zero attached hydrogens (tertiary/aromatic N) is 4. The van der Waals surface area contributed by atoms with Gasteiger partial charge in [0.1, 0.15) is 0 Å². The van der Waals surface area contributed by atoms with Crippen molar-refractivity contribution in [1.82, 2.24) is 25.0 Å². The van der Waals surface area contributed by atoms with Crippen molar-refractivity contribution >= 4 is 22.8 Å².